The van der Waals surface area contributed by atoms with Gasteiger partial charge in [0.05, 0.1) is 0 Å². The van der Waals surface area contributed by atoms with Gasteiger partial charge < -0.3 is 4.42 Å². The molecule has 0 atom stereocenters. The lowest BCUT2D eigenvalue weighted by atomic mass is 10.1. The van der Waals surface area contributed by atoms with Gasteiger partial charge in [-0.05, 0) is 42.8 Å². The highest BCUT2D eigenvalue weighted by Gasteiger charge is 2.10. The Kier molecular flexibility index (Phi) is 5.38. The third-order valence-corrected chi connectivity index (χ3v) is 4.27. The van der Waals surface area contributed by atoms with Crippen LogP contribution in [0.3, 0.4) is 0 Å². The lowest BCUT2D eigenvalue weighted by Gasteiger charge is -2.00. The summed E-state index contributed by atoms with van der Waals surface area (Å²) in [6.45, 7) is 0. The summed E-state index contributed by atoms with van der Waals surface area (Å²) >= 11 is 1.42. The van der Waals surface area contributed by atoms with Crippen molar-refractivity contribution >= 4 is 17.5 Å². The van der Waals surface area contributed by atoms with Gasteiger partial charge in [-0.1, -0.05) is 30.0 Å². The van der Waals surface area contributed by atoms with Crippen LogP contribution in [-0.2, 0) is 0 Å². The highest BCUT2D eigenvalue weighted by atomic mass is 32.2. The molecule has 3 aromatic rings. The normalized spacial score (nSPS) is 10.7. The van der Waals surface area contributed by atoms with Crippen LogP contribution in [0.1, 0.15) is 23.2 Å². The lowest BCUT2D eigenvalue weighted by molar-refractivity contribution is 0.0982. The van der Waals surface area contributed by atoms with E-state index in [4.69, 9.17) is 4.42 Å². The van der Waals surface area contributed by atoms with E-state index in [1.54, 1.807) is 0 Å². The van der Waals surface area contributed by atoms with Gasteiger partial charge in [-0.3, -0.25) is 4.79 Å². The number of carbonyl (C=O) groups is 1. The quantitative estimate of drug-likeness (QED) is 0.356. The van der Waals surface area contributed by atoms with Gasteiger partial charge in [0.2, 0.25) is 5.89 Å². The molecule has 0 unspecified atom stereocenters. The van der Waals surface area contributed by atoms with Crippen LogP contribution in [0.15, 0.2) is 64.2 Å². The van der Waals surface area contributed by atoms with E-state index in [9.17, 15) is 9.18 Å². The standard InChI is InChI=1S/C18H15FN2O2S/c19-15-10-8-13(9-11-15)16(22)7-4-12-24-18-21-20-17(23-18)14-5-2-1-3-6-14/h1-3,5-6,8-11H,4,7,12H2. The van der Waals surface area contributed by atoms with E-state index in [1.165, 1.54) is 36.0 Å². The summed E-state index contributed by atoms with van der Waals surface area (Å²) in [4.78, 5) is 12.0. The van der Waals surface area contributed by atoms with Crippen molar-refractivity contribution in [3.05, 3.63) is 66.0 Å². The Hall–Kier alpha value is -2.47. The average molecular weight is 342 g/mol. The van der Waals surface area contributed by atoms with Gasteiger partial charge in [-0.25, -0.2) is 4.39 Å². The predicted molar refractivity (Wildman–Crippen MR) is 90.4 cm³/mol. The van der Waals surface area contributed by atoms with Crippen molar-refractivity contribution in [1.29, 1.82) is 0 Å². The molecule has 0 spiro atoms. The molecule has 122 valence electrons. The maximum atomic E-state index is 12.8. The van der Waals surface area contributed by atoms with Crippen LogP contribution >= 0.6 is 11.8 Å². The van der Waals surface area contributed by atoms with Crippen LogP contribution < -0.4 is 0 Å². The molecule has 0 N–H and O–H groups in total. The monoisotopic (exact) mass is 342 g/mol. The summed E-state index contributed by atoms with van der Waals surface area (Å²) in [6, 6.07) is 15.2. The van der Waals surface area contributed by atoms with Gasteiger partial charge in [0, 0.05) is 23.3 Å². The molecule has 0 aliphatic carbocycles. The first-order valence-electron chi connectivity index (χ1n) is 7.53. The first-order chi connectivity index (χ1) is 11.7. The zero-order valence-electron chi connectivity index (χ0n) is 12.8. The zero-order valence-corrected chi connectivity index (χ0v) is 13.6. The minimum atomic E-state index is -0.340. The summed E-state index contributed by atoms with van der Waals surface area (Å²) in [6.07, 6.45) is 1.09. The molecule has 1 heterocycles. The van der Waals surface area contributed by atoms with E-state index in [0.717, 1.165) is 5.56 Å². The van der Waals surface area contributed by atoms with Crippen molar-refractivity contribution in [1.82, 2.24) is 10.2 Å². The van der Waals surface area contributed by atoms with Gasteiger partial charge in [-0.15, -0.1) is 10.2 Å². The fraction of sp³-hybridized carbons (Fsp3) is 0.167. The van der Waals surface area contributed by atoms with Gasteiger partial charge >= 0.3 is 0 Å². The van der Waals surface area contributed by atoms with Crippen LogP contribution in [0, 0.1) is 5.82 Å². The number of Topliss-reactive ketones (excluding diaryl/α,β-unsaturated/α-hetero) is 1. The van der Waals surface area contributed by atoms with Crippen LogP contribution in [0.4, 0.5) is 4.39 Å². The van der Waals surface area contributed by atoms with Gasteiger partial charge in [0.15, 0.2) is 5.78 Å². The Morgan fingerprint density at radius 1 is 1.04 bits per heavy atom. The Morgan fingerprint density at radius 2 is 1.79 bits per heavy atom. The third kappa shape index (κ3) is 4.29. The number of thioether (sulfide) groups is 1. The fourth-order valence-corrected chi connectivity index (χ4v) is 2.84. The highest BCUT2D eigenvalue weighted by molar-refractivity contribution is 7.99. The Bertz CT molecular complexity index is 803. The molecular formula is C18H15FN2O2S. The number of hydrogen-bond acceptors (Lipinski definition) is 5. The van der Waals surface area contributed by atoms with E-state index in [0.29, 0.717) is 35.3 Å². The van der Waals surface area contributed by atoms with Crippen molar-refractivity contribution in [3.63, 3.8) is 0 Å². The lowest BCUT2D eigenvalue weighted by Crippen LogP contribution is -1.99. The van der Waals surface area contributed by atoms with Crippen LogP contribution in [0.2, 0.25) is 0 Å². The molecular weight excluding hydrogens is 327 g/mol. The molecule has 0 amide bonds. The molecule has 0 fully saturated rings. The molecule has 0 aliphatic heterocycles. The molecule has 3 rings (SSSR count). The highest BCUT2D eigenvalue weighted by Crippen LogP contribution is 2.23. The van der Waals surface area contributed by atoms with Gasteiger partial charge in [0.1, 0.15) is 5.82 Å². The summed E-state index contributed by atoms with van der Waals surface area (Å²) in [5, 5.41) is 8.50. The molecule has 2 aromatic carbocycles. The van der Waals surface area contributed by atoms with E-state index < -0.39 is 0 Å². The zero-order chi connectivity index (χ0) is 16.8. The van der Waals surface area contributed by atoms with E-state index in [-0.39, 0.29) is 11.6 Å². The van der Waals surface area contributed by atoms with E-state index in [1.807, 2.05) is 30.3 Å². The molecule has 0 bridgehead atoms. The summed E-state index contributed by atoms with van der Waals surface area (Å²) in [5.41, 5.74) is 1.41. The van der Waals surface area contributed by atoms with E-state index in [2.05, 4.69) is 10.2 Å². The molecule has 0 aliphatic rings. The Morgan fingerprint density at radius 3 is 2.54 bits per heavy atom. The first kappa shape index (κ1) is 16.4. The van der Waals surface area contributed by atoms with Crippen molar-refractivity contribution in [3.8, 4) is 11.5 Å². The average Bonchev–Trinajstić information content (AvgIpc) is 3.09. The molecule has 4 nitrogen and oxygen atoms in total. The number of ketones is 1. The smallest absolute Gasteiger partial charge is 0.276 e. The van der Waals surface area contributed by atoms with E-state index >= 15 is 0 Å². The van der Waals surface area contributed by atoms with Crippen molar-refractivity contribution < 1.29 is 13.6 Å². The first-order valence-corrected chi connectivity index (χ1v) is 8.51. The van der Waals surface area contributed by atoms with Gasteiger partial charge in [0.25, 0.3) is 5.22 Å². The molecule has 1 aromatic heterocycles. The SMILES string of the molecule is O=C(CCCSc1nnc(-c2ccccc2)o1)c1ccc(F)cc1. The fourth-order valence-electron chi connectivity index (χ4n) is 2.14. The molecule has 6 heteroatoms. The summed E-state index contributed by atoms with van der Waals surface area (Å²) in [5.74, 6) is 0.850. The number of rotatable bonds is 7. The Balaban J connectivity index is 1.46. The maximum Gasteiger partial charge on any atom is 0.276 e. The van der Waals surface area contributed by atoms with Gasteiger partial charge in [-0.2, -0.15) is 0 Å². The largest absolute Gasteiger partial charge is 0.411 e. The van der Waals surface area contributed by atoms with Crippen molar-refractivity contribution in [2.45, 2.75) is 18.1 Å². The maximum absolute atomic E-state index is 12.8. The second-order valence-electron chi connectivity index (χ2n) is 5.12. The predicted octanol–water partition coefficient (Wildman–Crippen LogP) is 4.63. The Labute approximate surface area is 143 Å². The second-order valence-corrected chi connectivity index (χ2v) is 6.17. The minimum Gasteiger partial charge on any atom is -0.411 e. The van der Waals surface area contributed by atoms with Crippen LogP contribution in [0.5, 0.6) is 0 Å². The van der Waals surface area contributed by atoms with Crippen LogP contribution in [-0.4, -0.2) is 21.7 Å². The number of nitrogens with zero attached hydrogens (tertiary/aromatic N) is 2. The topological polar surface area (TPSA) is 56.0 Å². The number of benzene rings is 2. The van der Waals surface area contributed by atoms with Crippen LogP contribution in [0.25, 0.3) is 11.5 Å². The summed E-state index contributed by atoms with van der Waals surface area (Å²) in [7, 11) is 0. The van der Waals surface area contributed by atoms with Crippen molar-refractivity contribution in [2.75, 3.05) is 5.75 Å². The molecule has 0 saturated carbocycles. The number of carbonyl (C=O) groups excluding carboxylic acids is 1. The van der Waals surface area contributed by atoms with Crippen molar-refractivity contribution in [2.24, 2.45) is 0 Å². The third-order valence-electron chi connectivity index (χ3n) is 3.37. The molecule has 0 saturated heterocycles. The number of hydrogen-bond donors (Lipinski definition) is 0. The summed E-state index contributed by atoms with van der Waals surface area (Å²) < 4.78 is 18.4. The minimum absolute atomic E-state index is 0.00565. The second kappa shape index (κ2) is 7.88. The molecule has 24 heavy (non-hydrogen) atoms. The number of halogens is 1. The number of aromatic nitrogens is 2. The molecule has 0 radical (unpaired) electrons.